The van der Waals surface area contributed by atoms with Gasteiger partial charge in [0.05, 0.1) is 22.3 Å². The molecule has 0 radical (unpaired) electrons. The van der Waals surface area contributed by atoms with Crippen LogP contribution in [0, 0.1) is 12.7 Å². The second-order valence-corrected chi connectivity index (χ2v) is 8.52. The summed E-state index contributed by atoms with van der Waals surface area (Å²) >= 11 is 1.25. The van der Waals surface area contributed by atoms with Crippen LogP contribution in [0.2, 0.25) is 0 Å². The number of rotatable bonds is 6. The number of H-pyrrole nitrogens is 1. The summed E-state index contributed by atoms with van der Waals surface area (Å²) < 4.78 is 14.8. The molecule has 4 aromatic rings. The maximum absolute atomic E-state index is 13.4. The number of nitrogens with zero attached hydrogens (tertiary/aromatic N) is 4. The second-order valence-electron chi connectivity index (χ2n) is 7.52. The van der Waals surface area contributed by atoms with Crippen molar-refractivity contribution in [2.24, 2.45) is 7.05 Å². The predicted molar refractivity (Wildman–Crippen MR) is 119 cm³/mol. The number of fused-ring (bicyclic) bond motifs is 1. The van der Waals surface area contributed by atoms with E-state index in [9.17, 15) is 14.0 Å². The fraction of sp³-hybridized carbons (Fsp3) is 0.273. The molecule has 0 aliphatic heterocycles. The molecule has 31 heavy (non-hydrogen) atoms. The fourth-order valence-electron chi connectivity index (χ4n) is 3.48. The van der Waals surface area contributed by atoms with E-state index in [1.54, 1.807) is 32.0 Å². The molecule has 0 bridgehead atoms. The number of benzene rings is 1. The van der Waals surface area contributed by atoms with Crippen molar-refractivity contribution in [3.8, 4) is 11.3 Å². The van der Waals surface area contributed by atoms with E-state index in [0.29, 0.717) is 39.3 Å². The summed E-state index contributed by atoms with van der Waals surface area (Å²) in [6.45, 7) is 2.34. The lowest BCUT2D eigenvalue weighted by Crippen LogP contribution is -2.28. The molecular weight excluding hydrogens is 417 g/mol. The molecule has 0 aliphatic rings. The van der Waals surface area contributed by atoms with E-state index in [0.717, 1.165) is 17.7 Å². The lowest BCUT2D eigenvalue weighted by Gasteiger charge is -2.16. The third kappa shape index (κ3) is 4.13. The van der Waals surface area contributed by atoms with Crippen LogP contribution in [0.3, 0.4) is 0 Å². The zero-order valence-electron chi connectivity index (χ0n) is 17.5. The zero-order valence-corrected chi connectivity index (χ0v) is 18.3. The van der Waals surface area contributed by atoms with Gasteiger partial charge in [0.2, 0.25) is 0 Å². The molecule has 9 heteroatoms. The number of carbonyl (C=O) groups is 1. The van der Waals surface area contributed by atoms with Gasteiger partial charge < -0.3 is 9.47 Å². The van der Waals surface area contributed by atoms with E-state index < -0.39 is 0 Å². The summed E-state index contributed by atoms with van der Waals surface area (Å²) in [4.78, 5) is 32.4. The molecule has 0 unspecified atom stereocenters. The Hall–Kier alpha value is -3.33. The zero-order chi connectivity index (χ0) is 22.1. The number of amides is 1. The number of thiophene rings is 1. The van der Waals surface area contributed by atoms with E-state index in [1.165, 1.54) is 34.4 Å². The van der Waals surface area contributed by atoms with Crippen molar-refractivity contribution >= 4 is 27.5 Å². The van der Waals surface area contributed by atoms with Crippen LogP contribution >= 0.6 is 11.3 Å². The van der Waals surface area contributed by atoms with Crippen LogP contribution < -0.4 is 5.56 Å². The van der Waals surface area contributed by atoms with Crippen LogP contribution in [0.5, 0.6) is 0 Å². The first kappa shape index (κ1) is 20.9. The molecule has 160 valence electrons. The topological polar surface area (TPSA) is 83.9 Å². The Labute approximate surface area is 182 Å². The van der Waals surface area contributed by atoms with Gasteiger partial charge in [-0.05, 0) is 43.5 Å². The predicted octanol–water partition coefficient (Wildman–Crippen LogP) is 3.54. The van der Waals surface area contributed by atoms with Crippen molar-refractivity contribution in [2.75, 3.05) is 13.6 Å². The maximum atomic E-state index is 13.4. The summed E-state index contributed by atoms with van der Waals surface area (Å²) in [5.74, 6) is -0.417. The highest BCUT2D eigenvalue weighted by atomic mass is 32.1. The van der Waals surface area contributed by atoms with Gasteiger partial charge in [-0.3, -0.25) is 14.7 Å². The van der Waals surface area contributed by atoms with Gasteiger partial charge in [-0.15, -0.1) is 11.3 Å². The summed E-state index contributed by atoms with van der Waals surface area (Å²) in [5, 5.41) is 7.74. The molecule has 0 spiro atoms. The van der Waals surface area contributed by atoms with Crippen LogP contribution in [0.1, 0.15) is 27.3 Å². The highest BCUT2D eigenvalue weighted by molar-refractivity contribution is 7.20. The lowest BCUT2D eigenvalue weighted by atomic mass is 10.1. The SMILES string of the molecule is Cc1c(C(=O)N(C)CCCc2cc(-c3cccc(F)c3)n[nH]2)sc2ncn(C)c(=O)c12. The number of hydrogen-bond acceptors (Lipinski definition) is 5. The number of aromatic nitrogens is 4. The molecule has 1 amide bonds. The number of halogens is 1. The Kier molecular flexibility index (Phi) is 5.69. The molecule has 7 nitrogen and oxygen atoms in total. The first-order valence-electron chi connectivity index (χ1n) is 9.85. The Bertz CT molecular complexity index is 1320. The molecule has 1 aromatic carbocycles. The van der Waals surface area contributed by atoms with E-state index in [2.05, 4.69) is 15.2 Å². The minimum Gasteiger partial charge on any atom is -0.341 e. The fourth-order valence-corrected chi connectivity index (χ4v) is 4.61. The van der Waals surface area contributed by atoms with Gasteiger partial charge in [0.25, 0.3) is 11.5 Å². The molecule has 0 fully saturated rings. The van der Waals surface area contributed by atoms with Crippen LogP contribution in [0.25, 0.3) is 21.5 Å². The molecule has 1 N–H and O–H groups in total. The Morgan fingerprint density at radius 2 is 2.13 bits per heavy atom. The minimum absolute atomic E-state index is 0.118. The minimum atomic E-state index is -0.299. The van der Waals surface area contributed by atoms with Crippen molar-refractivity contribution in [1.29, 1.82) is 0 Å². The molecule has 0 saturated carbocycles. The first-order chi connectivity index (χ1) is 14.8. The third-order valence-corrected chi connectivity index (χ3v) is 6.43. The monoisotopic (exact) mass is 439 g/mol. The molecule has 3 aromatic heterocycles. The highest BCUT2D eigenvalue weighted by Crippen LogP contribution is 2.27. The smallest absolute Gasteiger partial charge is 0.264 e. The Morgan fingerprint density at radius 1 is 1.32 bits per heavy atom. The van der Waals surface area contributed by atoms with Gasteiger partial charge in [0, 0.05) is 31.9 Å². The van der Waals surface area contributed by atoms with Crippen LogP contribution in [0.15, 0.2) is 41.5 Å². The molecule has 4 rings (SSSR count). The summed E-state index contributed by atoms with van der Waals surface area (Å²) in [6, 6.07) is 8.21. The third-order valence-electron chi connectivity index (χ3n) is 5.24. The standard InChI is InChI=1S/C22H22FN5O2S/c1-13-18-20(24-12-28(3)21(18)29)31-19(13)22(30)27(2)9-5-8-16-11-17(26-25-16)14-6-4-7-15(23)10-14/h4,6-7,10-12H,5,8-9H2,1-3H3,(H,25,26). The van der Waals surface area contributed by atoms with Crippen LogP contribution in [-0.4, -0.2) is 44.1 Å². The second kappa shape index (κ2) is 8.43. The number of hydrogen-bond donors (Lipinski definition) is 1. The summed E-state index contributed by atoms with van der Waals surface area (Å²) in [7, 11) is 3.40. The van der Waals surface area contributed by atoms with Gasteiger partial charge in [-0.2, -0.15) is 5.10 Å². The van der Waals surface area contributed by atoms with Crippen molar-refractivity contribution < 1.29 is 9.18 Å². The molecular formula is C22H22FN5O2S. The van der Waals surface area contributed by atoms with Gasteiger partial charge >= 0.3 is 0 Å². The normalized spacial score (nSPS) is 11.2. The summed E-state index contributed by atoms with van der Waals surface area (Å²) in [6.07, 6.45) is 2.91. The van der Waals surface area contributed by atoms with E-state index in [-0.39, 0.29) is 17.3 Å². The van der Waals surface area contributed by atoms with Crippen LogP contribution in [-0.2, 0) is 13.5 Å². The molecule has 3 heterocycles. The van der Waals surface area contributed by atoms with Gasteiger partial charge in [-0.1, -0.05) is 12.1 Å². The van der Waals surface area contributed by atoms with Crippen molar-refractivity contribution in [3.63, 3.8) is 0 Å². The quantitative estimate of drug-likeness (QED) is 0.498. The maximum Gasteiger partial charge on any atom is 0.264 e. The van der Waals surface area contributed by atoms with Crippen LogP contribution in [0.4, 0.5) is 4.39 Å². The van der Waals surface area contributed by atoms with Crippen molar-refractivity contribution in [3.05, 3.63) is 69.0 Å². The van der Waals surface area contributed by atoms with Gasteiger partial charge in [-0.25, -0.2) is 9.37 Å². The summed E-state index contributed by atoms with van der Waals surface area (Å²) in [5.41, 5.74) is 2.86. The number of carbonyl (C=O) groups excluding carboxylic acids is 1. The molecule has 0 saturated heterocycles. The first-order valence-corrected chi connectivity index (χ1v) is 10.7. The number of aromatic amines is 1. The largest absolute Gasteiger partial charge is 0.341 e. The number of nitrogens with one attached hydrogen (secondary N) is 1. The Morgan fingerprint density at radius 3 is 2.90 bits per heavy atom. The van der Waals surface area contributed by atoms with E-state index in [4.69, 9.17) is 0 Å². The lowest BCUT2D eigenvalue weighted by molar-refractivity contribution is 0.0797. The average molecular weight is 440 g/mol. The molecule has 0 aliphatic carbocycles. The average Bonchev–Trinajstić information content (AvgIpc) is 3.35. The Balaban J connectivity index is 1.41. The van der Waals surface area contributed by atoms with E-state index in [1.807, 2.05) is 12.1 Å². The van der Waals surface area contributed by atoms with Gasteiger partial charge in [0.15, 0.2) is 0 Å². The number of aryl methyl sites for hydroxylation is 3. The van der Waals surface area contributed by atoms with Crippen molar-refractivity contribution in [2.45, 2.75) is 19.8 Å². The molecule has 0 atom stereocenters. The van der Waals surface area contributed by atoms with Gasteiger partial charge in [0.1, 0.15) is 10.6 Å². The van der Waals surface area contributed by atoms with E-state index >= 15 is 0 Å². The van der Waals surface area contributed by atoms with Crippen molar-refractivity contribution in [1.82, 2.24) is 24.6 Å². The highest BCUT2D eigenvalue weighted by Gasteiger charge is 2.21.